The highest BCUT2D eigenvalue weighted by molar-refractivity contribution is 5.94. The first kappa shape index (κ1) is 23.6. The molecule has 0 radical (unpaired) electrons. The predicted molar refractivity (Wildman–Crippen MR) is 120 cm³/mol. The van der Waals surface area contributed by atoms with Crippen LogP contribution >= 0.6 is 0 Å². The number of aromatic nitrogens is 1. The number of rotatable bonds is 6. The first-order valence-electron chi connectivity index (χ1n) is 10.8. The second kappa shape index (κ2) is 10.1. The van der Waals surface area contributed by atoms with Crippen LogP contribution in [0.15, 0.2) is 66.9 Å². The topological polar surface area (TPSA) is 54.9 Å². The molecule has 0 saturated carbocycles. The van der Waals surface area contributed by atoms with E-state index in [1.807, 2.05) is 29.2 Å². The standard InChI is InChI=1S/C25H24F3N3O3/c1-33-21-7-2-18(3-8-21)17-30-12-14-31(15-13-30)24(32)19-4-9-22(10-5-19)34-23-11-6-20(16-29-23)25(26,27)28/h2-11,16H,12-15,17H2,1H3. The van der Waals surface area contributed by atoms with Gasteiger partial charge in [-0.25, -0.2) is 4.98 Å². The minimum atomic E-state index is -4.45. The average Bonchev–Trinajstić information content (AvgIpc) is 2.85. The third-order valence-electron chi connectivity index (χ3n) is 5.61. The quantitative estimate of drug-likeness (QED) is 0.514. The maximum absolute atomic E-state index is 12.9. The van der Waals surface area contributed by atoms with E-state index in [-0.39, 0.29) is 11.8 Å². The van der Waals surface area contributed by atoms with Gasteiger partial charge in [-0.15, -0.1) is 0 Å². The number of benzene rings is 2. The van der Waals surface area contributed by atoms with E-state index in [2.05, 4.69) is 9.88 Å². The Hall–Kier alpha value is -3.59. The fourth-order valence-electron chi connectivity index (χ4n) is 3.68. The van der Waals surface area contributed by atoms with E-state index in [4.69, 9.17) is 9.47 Å². The first-order chi connectivity index (χ1) is 16.3. The smallest absolute Gasteiger partial charge is 0.417 e. The van der Waals surface area contributed by atoms with Crippen molar-refractivity contribution in [1.82, 2.24) is 14.8 Å². The SMILES string of the molecule is COc1ccc(CN2CCN(C(=O)c3ccc(Oc4ccc(C(F)(F)F)cn4)cc3)CC2)cc1. The molecule has 0 unspecified atom stereocenters. The average molecular weight is 471 g/mol. The molecule has 1 amide bonds. The summed E-state index contributed by atoms with van der Waals surface area (Å²) in [6.07, 6.45) is -3.73. The largest absolute Gasteiger partial charge is 0.497 e. The summed E-state index contributed by atoms with van der Waals surface area (Å²) in [6, 6.07) is 16.5. The van der Waals surface area contributed by atoms with Gasteiger partial charge < -0.3 is 14.4 Å². The number of nitrogens with zero attached hydrogens (tertiary/aromatic N) is 3. The molecule has 4 rings (SSSR count). The van der Waals surface area contributed by atoms with Crippen LogP contribution in [0.1, 0.15) is 21.5 Å². The minimum absolute atomic E-state index is 0.0417. The zero-order valence-electron chi connectivity index (χ0n) is 18.6. The minimum Gasteiger partial charge on any atom is -0.497 e. The lowest BCUT2D eigenvalue weighted by molar-refractivity contribution is -0.137. The molecule has 1 aromatic heterocycles. The van der Waals surface area contributed by atoms with Crippen LogP contribution in [0, 0.1) is 0 Å². The fourth-order valence-corrected chi connectivity index (χ4v) is 3.68. The van der Waals surface area contributed by atoms with E-state index < -0.39 is 11.7 Å². The molecule has 0 spiro atoms. The molecule has 2 heterocycles. The Labute approximate surface area is 195 Å². The lowest BCUT2D eigenvalue weighted by Gasteiger charge is -2.34. The molecular weight excluding hydrogens is 447 g/mol. The number of amides is 1. The fraction of sp³-hybridized carbons (Fsp3) is 0.280. The van der Waals surface area contributed by atoms with E-state index in [0.29, 0.717) is 24.4 Å². The Balaban J connectivity index is 1.29. The van der Waals surface area contributed by atoms with Crippen LogP contribution in [0.25, 0.3) is 0 Å². The van der Waals surface area contributed by atoms with Crippen molar-refractivity contribution in [2.45, 2.75) is 12.7 Å². The Morgan fingerprint density at radius 1 is 0.912 bits per heavy atom. The maximum atomic E-state index is 12.9. The molecule has 9 heteroatoms. The van der Waals surface area contributed by atoms with Crippen LogP contribution in [0.4, 0.5) is 13.2 Å². The van der Waals surface area contributed by atoms with E-state index in [9.17, 15) is 18.0 Å². The van der Waals surface area contributed by atoms with Crippen molar-refractivity contribution in [3.8, 4) is 17.4 Å². The van der Waals surface area contributed by atoms with Crippen LogP contribution in [-0.4, -0.2) is 54.0 Å². The van der Waals surface area contributed by atoms with Crippen LogP contribution in [-0.2, 0) is 12.7 Å². The second-order valence-electron chi connectivity index (χ2n) is 7.93. The predicted octanol–water partition coefficient (Wildman–Crippen LogP) is 4.86. The molecule has 34 heavy (non-hydrogen) atoms. The molecule has 0 atom stereocenters. The number of piperazine rings is 1. The molecule has 6 nitrogen and oxygen atoms in total. The van der Waals surface area contributed by atoms with Crippen molar-refractivity contribution < 1.29 is 27.4 Å². The van der Waals surface area contributed by atoms with E-state index >= 15 is 0 Å². The van der Waals surface area contributed by atoms with Crippen molar-refractivity contribution in [3.05, 3.63) is 83.6 Å². The summed E-state index contributed by atoms with van der Waals surface area (Å²) in [6.45, 7) is 3.62. The molecule has 1 fully saturated rings. The van der Waals surface area contributed by atoms with Crippen LogP contribution in [0.3, 0.4) is 0 Å². The lowest BCUT2D eigenvalue weighted by Crippen LogP contribution is -2.48. The number of alkyl halides is 3. The molecule has 3 aromatic rings. The number of carbonyl (C=O) groups excluding carboxylic acids is 1. The number of hydrogen-bond donors (Lipinski definition) is 0. The van der Waals surface area contributed by atoms with Gasteiger partial charge in [0.05, 0.1) is 12.7 Å². The Morgan fingerprint density at radius 2 is 1.56 bits per heavy atom. The summed E-state index contributed by atoms with van der Waals surface area (Å²) in [4.78, 5) is 20.7. The summed E-state index contributed by atoms with van der Waals surface area (Å²) in [7, 11) is 1.64. The molecule has 1 aliphatic heterocycles. The van der Waals surface area contributed by atoms with Gasteiger partial charge in [-0.1, -0.05) is 12.1 Å². The van der Waals surface area contributed by atoms with Crippen molar-refractivity contribution in [3.63, 3.8) is 0 Å². The number of pyridine rings is 1. The maximum Gasteiger partial charge on any atom is 0.417 e. The molecule has 1 aliphatic rings. The Bertz CT molecular complexity index is 1090. The third-order valence-corrected chi connectivity index (χ3v) is 5.61. The molecule has 0 bridgehead atoms. The summed E-state index contributed by atoms with van der Waals surface area (Å²) < 4.78 is 48.6. The van der Waals surface area contributed by atoms with E-state index in [1.54, 1.807) is 31.4 Å². The zero-order chi connectivity index (χ0) is 24.1. The van der Waals surface area contributed by atoms with Crippen LogP contribution < -0.4 is 9.47 Å². The van der Waals surface area contributed by atoms with Crippen LogP contribution in [0.2, 0.25) is 0 Å². The molecule has 0 aliphatic carbocycles. The second-order valence-corrected chi connectivity index (χ2v) is 7.93. The highest BCUT2D eigenvalue weighted by Gasteiger charge is 2.30. The van der Waals surface area contributed by atoms with Gasteiger partial charge in [0, 0.05) is 50.6 Å². The number of carbonyl (C=O) groups is 1. The van der Waals surface area contributed by atoms with Crippen molar-refractivity contribution in [1.29, 1.82) is 0 Å². The van der Waals surface area contributed by atoms with Crippen LogP contribution in [0.5, 0.6) is 17.4 Å². The normalized spacial score (nSPS) is 14.6. The summed E-state index contributed by atoms with van der Waals surface area (Å²) in [5.41, 5.74) is 0.875. The van der Waals surface area contributed by atoms with Crippen molar-refractivity contribution in [2.24, 2.45) is 0 Å². The third kappa shape index (κ3) is 5.85. The lowest BCUT2D eigenvalue weighted by atomic mass is 10.1. The Morgan fingerprint density at radius 3 is 2.12 bits per heavy atom. The van der Waals surface area contributed by atoms with E-state index in [0.717, 1.165) is 43.7 Å². The molecule has 2 aromatic carbocycles. The van der Waals surface area contributed by atoms with Crippen molar-refractivity contribution in [2.75, 3.05) is 33.3 Å². The summed E-state index contributed by atoms with van der Waals surface area (Å²) >= 11 is 0. The van der Waals surface area contributed by atoms with Gasteiger partial charge in [0.15, 0.2) is 0 Å². The van der Waals surface area contributed by atoms with Gasteiger partial charge in [0.1, 0.15) is 11.5 Å². The molecule has 1 saturated heterocycles. The Kier molecular flexibility index (Phi) is 7.02. The molecule has 178 valence electrons. The number of methoxy groups -OCH3 is 1. The van der Waals surface area contributed by atoms with Gasteiger partial charge in [0.2, 0.25) is 5.88 Å². The van der Waals surface area contributed by atoms with Gasteiger partial charge in [0.25, 0.3) is 5.91 Å². The van der Waals surface area contributed by atoms with E-state index in [1.165, 1.54) is 5.56 Å². The monoisotopic (exact) mass is 471 g/mol. The number of ether oxygens (including phenoxy) is 2. The highest BCUT2D eigenvalue weighted by Crippen LogP contribution is 2.30. The summed E-state index contributed by atoms with van der Waals surface area (Å²) in [5, 5.41) is 0. The number of hydrogen-bond acceptors (Lipinski definition) is 5. The highest BCUT2D eigenvalue weighted by atomic mass is 19.4. The van der Waals surface area contributed by atoms with Gasteiger partial charge in [-0.05, 0) is 48.0 Å². The molecule has 0 N–H and O–H groups in total. The zero-order valence-corrected chi connectivity index (χ0v) is 18.6. The first-order valence-corrected chi connectivity index (χ1v) is 10.8. The summed E-state index contributed by atoms with van der Waals surface area (Å²) in [5.74, 6) is 1.18. The van der Waals surface area contributed by atoms with Gasteiger partial charge in [-0.2, -0.15) is 13.2 Å². The molecular formula is C25H24F3N3O3. The number of halogens is 3. The van der Waals surface area contributed by atoms with Crippen molar-refractivity contribution >= 4 is 5.91 Å². The van der Waals surface area contributed by atoms with Gasteiger partial charge in [-0.3, -0.25) is 9.69 Å². The van der Waals surface area contributed by atoms with Gasteiger partial charge >= 0.3 is 6.18 Å².